The van der Waals surface area contributed by atoms with E-state index in [1.165, 1.54) is 20.1 Å². The van der Waals surface area contributed by atoms with E-state index in [1.807, 2.05) is 0 Å². The first-order valence-electron chi connectivity index (χ1n) is 7.33. The standard InChI is InChI=1S/C18H18FNO4/c1-12(21)15-8-7-14(23-2)9-17(15)24-11-18(22)20-10-13-5-3-4-6-16(13)19/h3-9H,10-11H2,1-2H3,(H,20,22). The van der Waals surface area contributed by atoms with Crippen molar-refractivity contribution < 1.29 is 23.5 Å². The highest BCUT2D eigenvalue weighted by Crippen LogP contribution is 2.25. The van der Waals surface area contributed by atoms with Crippen LogP contribution in [0.3, 0.4) is 0 Å². The number of hydrogen-bond donors (Lipinski definition) is 1. The maximum Gasteiger partial charge on any atom is 0.258 e. The van der Waals surface area contributed by atoms with Gasteiger partial charge >= 0.3 is 0 Å². The number of benzene rings is 2. The molecular formula is C18H18FNO4. The Bertz CT molecular complexity index is 746. The van der Waals surface area contributed by atoms with E-state index in [0.29, 0.717) is 16.9 Å². The van der Waals surface area contributed by atoms with Crippen LogP contribution < -0.4 is 14.8 Å². The van der Waals surface area contributed by atoms with Crippen LogP contribution in [0.2, 0.25) is 0 Å². The molecule has 0 atom stereocenters. The second kappa shape index (κ2) is 8.10. The summed E-state index contributed by atoms with van der Waals surface area (Å²) in [4.78, 5) is 23.5. The molecule has 0 heterocycles. The molecule has 0 spiro atoms. The van der Waals surface area contributed by atoms with Crippen molar-refractivity contribution in [3.8, 4) is 11.5 Å². The van der Waals surface area contributed by atoms with Gasteiger partial charge in [-0.15, -0.1) is 0 Å². The van der Waals surface area contributed by atoms with Crippen molar-refractivity contribution in [1.82, 2.24) is 5.32 Å². The molecule has 1 N–H and O–H groups in total. The molecule has 0 unspecified atom stereocenters. The lowest BCUT2D eigenvalue weighted by molar-refractivity contribution is -0.123. The summed E-state index contributed by atoms with van der Waals surface area (Å²) < 4.78 is 24.0. The number of ketones is 1. The van der Waals surface area contributed by atoms with E-state index in [-0.39, 0.29) is 30.5 Å². The molecule has 0 aliphatic rings. The number of Topliss-reactive ketones (excluding diaryl/α,β-unsaturated/α-hetero) is 1. The third-order valence-corrected chi connectivity index (χ3v) is 3.36. The molecule has 6 heteroatoms. The van der Waals surface area contributed by atoms with Crippen LogP contribution in [0, 0.1) is 5.82 Å². The third-order valence-electron chi connectivity index (χ3n) is 3.36. The Morgan fingerprint density at radius 3 is 2.58 bits per heavy atom. The van der Waals surface area contributed by atoms with Crippen LogP contribution in [-0.2, 0) is 11.3 Å². The van der Waals surface area contributed by atoms with Crippen LogP contribution in [-0.4, -0.2) is 25.4 Å². The normalized spacial score (nSPS) is 10.1. The van der Waals surface area contributed by atoms with E-state index >= 15 is 0 Å². The molecule has 2 rings (SSSR count). The average molecular weight is 331 g/mol. The van der Waals surface area contributed by atoms with E-state index < -0.39 is 5.91 Å². The van der Waals surface area contributed by atoms with E-state index in [2.05, 4.69) is 5.32 Å². The second-order valence-electron chi connectivity index (χ2n) is 5.08. The summed E-state index contributed by atoms with van der Waals surface area (Å²) in [6.45, 7) is 1.18. The first kappa shape index (κ1) is 17.5. The zero-order valence-electron chi connectivity index (χ0n) is 13.5. The molecule has 1 amide bonds. The van der Waals surface area contributed by atoms with Gasteiger partial charge in [-0.25, -0.2) is 4.39 Å². The number of amides is 1. The number of halogens is 1. The minimum atomic E-state index is -0.421. The minimum absolute atomic E-state index is 0.0620. The fourth-order valence-corrected chi connectivity index (χ4v) is 2.07. The van der Waals surface area contributed by atoms with Gasteiger partial charge in [0.25, 0.3) is 5.91 Å². The summed E-state index contributed by atoms with van der Waals surface area (Å²) in [5.74, 6) is -0.204. The zero-order valence-corrected chi connectivity index (χ0v) is 13.5. The predicted molar refractivity (Wildman–Crippen MR) is 86.7 cm³/mol. The average Bonchev–Trinajstić information content (AvgIpc) is 2.58. The van der Waals surface area contributed by atoms with Gasteiger partial charge in [-0.1, -0.05) is 18.2 Å². The zero-order chi connectivity index (χ0) is 17.5. The molecule has 5 nitrogen and oxygen atoms in total. The summed E-state index contributed by atoms with van der Waals surface area (Å²) in [6, 6.07) is 10.9. The molecule has 0 saturated heterocycles. The quantitative estimate of drug-likeness (QED) is 0.792. The van der Waals surface area contributed by atoms with Gasteiger partial charge in [-0.05, 0) is 25.1 Å². The maximum atomic E-state index is 13.5. The number of carbonyl (C=O) groups is 2. The van der Waals surface area contributed by atoms with Crippen LogP contribution in [0.25, 0.3) is 0 Å². The van der Waals surface area contributed by atoms with Crippen molar-refractivity contribution >= 4 is 11.7 Å². The number of carbonyl (C=O) groups excluding carboxylic acids is 2. The molecule has 0 aromatic heterocycles. The highest BCUT2D eigenvalue weighted by molar-refractivity contribution is 5.97. The fourth-order valence-electron chi connectivity index (χ4n) is 2.07. The SMILES string of the molecule is COc1ccc(C(C)=O)c(OCC(=O)NCc2ccccc2F)c1. The van der Waals surface area contributed by atoms with Gasteiger partial charge in [-0.2, -0.15) is 0 Å². The fraction of sp³-hybridized carbons (Fsp3) is 0.222. The summed E-state index contributed by atoms with van der Waals surface area (Å²) in [5.41, 5.74) is 0.745. The second-order valence-corrected chi connectivity index (χ2v) is 5.08. The van der Waals surface area contributed by atoms with Crippen molar-refractivity contribution in [2.45, 2.75) is 13.5 Å². The van der Waals surface area contributed by atoms with Crippen molar-refractivity contribution in [2.24, 2.45) is 0 Å². The molecule has 0 fully saturated rings. The number of rotatable bonds is 7. The highest BCUT2D eigenvalue weighted by atomic mass is 19.1. The van der Waals surface area contributed by atoms with Crippen LogP contribution in [0.4, 0.5) is 4.39 Å². The van der Waals surface area contributed by atoms with Gasteiger partial charge in [0.2, 0.25) is 0 Å². The monoisotopic (exact) mass is 331 g/mol. The molecular weight excluding hydrogens is 313 g/mol. The van der Waals surface area contributed by atoms with Gasteiger partial charge in [0.05, 0.1) is 12.7 Å². The number of nitrogens with one attached hydrogen (secondary N) is 1. The number of ether oxygens (including phenoxy) is 2. The van der Waals surface area contributed by atoms with Crippen molar-refractivity contribution in [3.05, 3.63) is 59.4 Å². The van der Waals surface area contributed by atoms with Gasteiger partial charge in [0.1, 0.15) is 17.3 Å². The van der Waals surface area contributed by atoms with Crippen molar-refractivity contribution in [1.29, 1.82) is 0 Å². The lowest BCUT2D eigenvalue weighted by Gasteiger charge is -2.12. The molecule has 2 aromatic carbocycles. The Morgan fingerprint density at radius 2 is 1.92 bits per heavy atom. The lowest BCUT2D eigenvalue weighted by atomic mass is 10.1. The molecule has 24 heavy (non-hydrogen) atoms. The first-order chi connectivity index (χ1) is 11.5. The molecule has 126 valence electrons. The smallest absolute Gasteiger partial charge is 0.258 e. The van der Waals surface area contributed by atoms with Crippen LogP contribution >= 0.6 is 0 Å². The molecule has 0 aliphatic heterocycles. The molecule has 0 radical (unpaired) electrons. The van der Waals surface area contributed by atoms with Crippen molar-refractivity contribution in [2.75, 3.05) is 13.7 Å². The van der Waals surface area contributed by atoms with E-state index in [9.17, 15) is 14.0 Å². The van der Waals surface area contributed by atoms with E-state index in [4.69, 9.17) is 9.47 Å². The van der Waals surface area contributed by atoms with Crippen LogP contribution in [0.1, 0.15) is 22.8 Å². The Balaban J connectivity index is 1.96. The summed E-state index contributed by atoms with van der Waals surface area (Å²) in [5, 5.41) is 2.57. The Morgan fingerprint density at radius 1 is 1.17 bits per heavy atom. The molecule has 0 bridgehead atoms. The maximum absolute atomic E-state index is 13.5. The molecule has 2 aromatic rings. The van der Waals surface area contributed by atoms with Crippen LogP contribution in [0.15, 0.2) is 42.5 Å². The molecule has 0 aliphatic carbocycles. The highest BCUT2D eigenvalue weighted by Gasteiger charge is 2.12. The predicted octanol–water partition coefficient (Wildman–Crippen LogP) is 2.73. The van der Waals surface area contributed by atoms with Gasteiger partial charge in [0.15, 0.2) is 12.4 Å². The Hall–Kier alpha value is -2.89. The third kappa shape index (κ3) is 4.55. The van der Waals surface area contributed by atoms with Gasteiger partial charge in [-0.3, -0.25) is 9.59 Å². The van der Waals surface area contributed by atoms with Gasteiger partial charge in [0, 0.05) is 18.2 Å². The number of methoxy groups -OCH3 is 1. The number of hydrogen-bond acceptors (Lipinski definition) is 4. The summed E-state index contributed by atoms with van der Waals surface area (Å²) in [6.07, 6.45) is 0. The van der Waals surface area contributed by atoms with E-state index in [0.717, 1.165) is 0 Å². The summed E-state index contributed by atoms with van der Waals surface area (Å²) >= 11 is 0. The van der Waals surface area contributed by atoms with Crippen molar-refractivity contribution in [3.63, 3.8) is 0 Å². The minimum Gasteiger partial charge on any atom is -0.497 e. The topological polar surface area (TPSA) is 64.6 Å². The molecule has 0 saturated carbocycles. The lowest BCUT2D eigenvalue weighted by Crippen LogP contribution is -2.29. The van der Waals surface area contributed by atoms with E-state index in [1.54, 1.807) is 36.4 Å². The largest absolute Gasteiger partial charge is 0.497 e. The van der Waals surface area contributed by atoms with Gasteiger partial charge < -0.3 is 14.8 Å². The first-order valence-corrected chi connectivity index (χ1v) is 7.33. The summed E-state index contributed by atoms with van der Waals surface area (Å²) in [7, 11) is 1.49. The Kier molecular flexibility index (Phi) is 5.89. The Labute approximate surface area is 139 Å². The van der Waals surface area contributed by atoms with Crippen LogP contribution in [0.5, 0.6) is 11.5 Å².